The highest BCUT2D eigenvalue weighted by Crippen LogP contribution is 2.44. The van der Waals surface area contributed by atoms with Crippen molar-refractivity contribution in [1.82, 2.24) is 4.90 Å². The number of nitrogens with zero attached hydrogens (tertiary/aromatic N) is 2. The molecule has 2 aromatic rings. The van der Waals surface area contributed by atoms with Gasteiger partial charge in [0.15, 0.2) is 0 Å². The molecule has 1 amide bonds. The van der Waals surface area contributed by atoms with E-state index in [1.54, 1.807) is 0 Å². The van der Waals surface area contributed by atoms with Crippen LogP contribution >= 0.6 is 0 Å². The number of rotatable bonds is 3. The van der Waals surface area contributed by atoms with Gasteiger partial charge in [-0.25, -0.2) is 0 Å². The molecule has 3 aliphatic rings. The molecule has 2 heterocycles. The summed E-state index contributed by atoms with van der Waals surface area (Å²) in [7, 11) is 0. The van der Waals surface area contributed by atoms with Crippen molar-refractivity contribution in [2.24, 2.45) is 5.92 Å². The van der Waals surface area contributed by atoms with Gasteiger partial charge in [-0.1, -0.05) is 30.3 Å². The number of likely N-dealkylation sites (tertiary alicyclic amines) is 1. The van der Waals surface area contributed by atoms with Crippen molar-refractivity contribution in [3.63, 3.8) is 0 Å². The Balaban J connectivity index is 1.44. The van der Waals surface area contributed by atoms with Crippen LogP contribution in [0.25, 0.3) is 0 Å². The van der Waals surface area contributed by atoms with E-state index in [0.717, 1.165) is 49.0 Å². The average Bonchev–Trinajstić information content (AvgIpc) is 3.51. The topological polar surface area (TPSA) is 32.8 Å². The van der Waals surface area contributed by atoms with Crippen molar-refractivity contribution in [2.75, 3.05) is 24.5 Å². The third-order valence-electron chi connectivity index (χ3n) is 6.15. The van der Waals surface area contributed by atoms with Crippen molar-refractivity contribution >= 4 is 17.3 Å². The molecular formula is C23H26N2O2. The summed E-state index contributed by atoms with van der Waals surface area (Å²) in [6.07, 6.45) is 5.05. The standard InChI is InChI=1S/C23H26N2O2/c26-22-16-23(12-14-24(15-13-23)17-18-10-11-18)27-21-9-5-4-8-20(21)25(22)19-6-2-1-3-7-19/h1-9,18H,10-17H2. The van der Waals surface area contributed by atoms with Crippen molar-refractivity contribution in [3.05, 3.63) is 54.6 Å². The van der Waals surface area contributed by atoms with Crippen LogP contribution in [-0.4, -0.2) is 36.0 Å². The van der Waals surface area contributed by atoms with Gasteiger partial charge in [0, 0.05) is 38.2 Å². The Morgan fingerprint density at radius 2 is 1.67 bits per heavy atom. The maximum absolute atomic E-state index is 13.4. The number of anilines is 2. The zero-order valence-corrected chi connectivity index (χ0v) is 15.6. The maximum Gasteiger partial charge on any atom is 0.235 e. The second-order valence-corrected chi connectivity index (χ2v) is 8.24. The molecule has 1 saturated carbocycles. The van der Waals surface area contributed by atoms with Crippen LogP contribution < -0.4 is 9.64 Å². The predicted octanol–water partition coefficient (Wildman–Crippen LogP) is 4.38. The Hall–Kier alpha value is -2.33. The molecule has 2 fully saturated rings. The summed E-state index contributed by atoms with van der Waals surface area (Å²) in [5.74, 6) is 1.86. The number of hydrogen-bond donors (Lipinski definition) is 0. The zero-order valence-electron chi connectivity index (χ0n) is 15.6. The first-order chi connectivity index (χ1) is 13.2. The summed E-state index contributed by atoms with van der Waals surface area (Å²) in [6.45, 7) is 3.27. The van der Waals surface area contributed by atoms with Crippen molar-refractivity contribution < 1.29 is 9.53 Å². The van der Waals surface area contributed by atoms with E-state index >= 15 is 0 Å². The van der Waals surface area contributed by atoms with Crippen LogP contribution in [0.15, 0.2) is 54.6 Å². The molecule has 0 aromatic heterocycles. The quantitative estimate of drug-likeness (QED) is 0.812. The second kappa shape index (κ2) is 6.68. The van der Waals surface area contributed by atoms with E-state index in [-0.39, 0.29) is 11.5 Å². The van der Waals surface area contributed by atoms with E-state index in [2.05, 4.69) is 4.90 Å². The number of benzene rings is 2. The van der Waals surface area contributed by atoms with Crippen molar-refractivity contribution in [1.29, 1.82) is 0 Å². The molecule has 4 nitrogen and oxygen atoms in total. The Bertz CT molecular complexity index is 823. The Morgan fingerprint density at radius 3 is 2.41 bits per heavy atom. The number of carbonyl (C=O) groups excluding carboxylic acids is 1. The molecule has 4 heteroatoms. The molecule has 5 rings (SSSR count). The normalized spacial score (nSPS) is 22.2. The number of ether oxygens (including phenoxy) is 1. The molecule has 140 valence electrons. The number of hydrogen-bond acceptors (Lipinski definition) is 3. The minimum Gasteiger partial charge on any atom is -0.484 e. The lowest BCUT2D eigenvalue weighted by Gasteiger charge is -2.40. The van der Waals surface area contributed by atoms with E-state index in [9.17, 15) is 4.79 Å². The highest BCUT2D eigenvalue weighted by molar-refractivity contribution is 6.03. The highest BCUT2D eigenvalue weighted by atomic mass is 16.5. The fourth-order valence-corrected chi connectivity index (χ4v) is 4.43. The molecule has 0 unspecified atom stereocenters. The summed E-state index contributed by atoms with van der Waals surface area (Å²) >= 11 is 0. The summed E-state index contributed by atoms with van der Waals surface area (Å²) in [6, 6.07) is 17.9. The number of fused-ring (bicyclic) bond motifs is 1. The molecule has 2 aromatic carbocycles. The first kappa shape index (κ1) is 16.8. The smallest absolute Gasteiger partial charge is 0.235 e. The lowest BCUT2D eigenvalue weighted by atomic mass is 9.87. The molecule has 0 N–H and O–H groups in total. The monoisotopic (exact) mass is 362 g/mol. The van der Waals surface area contributed by atoms with Crippen molar-refractivity contribution in [2.45, 2.75) is 37.7 Å². The van der Waals surface area contributed by atoms with Gasteiger partial charge in [0.25, 0.3) is 0 Å². The van der Waals surface area contributed by atoms with E-state index in [1.165, 1.54) is 19.4 Å². The average molecular weight is 362 g/mol. The summed E-state index contributed by atoms with van der Waals surface area (Å²) in [5.41, 5.74) is 1.38. The maximum atomic E-state index is 13.4. The third-order valence-corrected chi connectivity index (χ3v) is 6.15. The molecule has 1 spiro atoms. The minimum atomic E-state index is -0.378. The molecule has 1 aliphatic carbocycles. The van der Waals surface area contributed by atoms with Crippen LogP contribution in [0, 0.1) is 5.92 Å². The molecule has 0 bridgehead atoms. The first-order valence-corrected chi connectivity index (χ1v) is 10.1. The Kier molecular flexibility index (Phi) is 4.16. The van der Waals surface area contributed by atoms with E-state index < -0.39 is 0 Å². The summed E-state index contributed by atoms with van der Waals surface area (Å²) < 4.78 is 6.59. The van der Waals surface area contributed by atoms with Crippen LogP contribution in [0.2, 0.25) is 0 Å². The third kappa shape index (κ3) is 3.34. The zero-order chi connectivity index (χ0) is 18.3. The van der Waals surface area contributed by atoms with E-state index in [0.29, 0.717) is 6.42 Å². The lowest BCUT2D eigenvalue weighted by molar-refractivity contribution is -0.122. The number of para-hydroxylation sites is 3. The first-order valence-electron chi connectivity index (χ1n) is 10.1. The van der Waals surface area contributed by atoms with E-state index in [1.807, 2.05) is 59.5 Å². The minimum absolute atomic E-state index is 0.127. The van der Waals surface area contributed by atoms with Gasteiger partial charge in [-0.3, -0.25) is 9.69 Å². The van der Waals surface area contributed by atoms with E-state index in [4.69, 9.17) is 4.74 Å². The number of piperidine rings is 1. The largest absolute Gasteiger partial charge is 0.484 e. The van der Waals surface area contributed by atoms with Gasteiger partial charge in [-0.2, -0.15) is 0 Å². The van der Waals surface area contributed by atoms with Crippen molar-refractivity contribution in [3.8, 4) is 5.75 Å². The summed E-state index contributed by atoms with van der Waals surface area (Å²) in [5, 5.41) is 0. The molecule has 2 aliphatic heterocycles. The summed E-state index contributed by atoms with van der Waals surface area (Å²) in [4.78, 5) is 17.7. The van der Waals surface area contributed by atoms with Gasteiger partial charge in [0.05, 0.1) is 12.1 Å². The Morgan fingerprint density at radius 1 is 0.963 bits per heavy atom. The molecule has 27 heavy (non-hydrogen) atoms. The molecular weight excluding hydrogens is 336 g/mol. The van der Waals surface area contributed by atoms with Crippen LogP contribution in [0.1, 0.15) is 32.1 Å². The van der Waals surface area contributed by atoms with Crippen LogP contribution in [0.5, 0.6) is 5.75 Å². The SMILES string of the molecule is O=C1CC2(CCN(CC3CC3)CC2)Oc2ccccc2N1c1ccccc1. The fourth-order valence-electron chi connectivity index (χ4n) is 4.43. The van der Waals surface area contributed by atoms with Gasteiger partial charge >= 0.3 is 0 Å². The van der Waals surface area contributed by atoms with Gasteiger partial charge in [0.1, 0.15) is 11.4 Å². The second-order valence-electron chi connectivity index (χ2n) is 8.24. The van der Waals surface area contributed by atoms with Gasteiger partial charge < -0.3 is 9.64 Å². The van der Waals surface area contributed by atoms with Crippen LogP contribution in [0.4, 0.5) is 11.4 Å². The Labute approximate surface area is 160 Å². The van der Waals surface area contributed by atoms with Gasteiger partial charge in [-0.15, -0.1) is 0 Å². The fraction of sp³-hybridized carbons (Fsp3) is 0.435. The number of carbonyl (C=O) groups is 1. The molecule has 1 saturated heterocycles. The van der Waals surface area contributed by atoms with Gasteiger partial charge in [0.2, 0.25) is 5.91 Å². The lowest BCUT2D eigenvalue weighted by Crippen LogP contribution is -2.49. The predicted molar refractivity (Wildman–Crippen MR) is 106 cm³/mol. The number of amides is 1. The van der Waals surface area contributed by atoms with Crippen LogP contribution in [-0.2, 0) is 4.79 Å². The molecule has 0 atom stereocenters. The van der Waals surface area contributed by atoms with Gasteiger partial charge in [-0.05, 0) is 43.0 Å². The van der Waals surface area contributed by atoms with Crippen LogP contribution in [0.3, 0.4) is 0 Å². The molecule has 0 radical (unpaired) electrons. The highest BCUT2D eigenvalue weighted by Gasteiger charge is 2.44.